The Bertz CT molecular complexity index is 920. The molecule has 34 heavy (non-hydrogen) atoms. The molecule has 0 aromatic carbocycles. The van der Waals surface area contributed by atoms with Gasteiger partial charge in [-0.15, -0.1) is 0 Å². The van der Waals surface area contributed by atoms with Crippen LogP contribution < -0.4 is 0 Å². The van der Waals surface area contributed by atoms with Gasteiger partial charge in [0.05, 0.1) is 13.2 Å². The molecule has 2 fully saturated rings. The number of rotatable bonds is 6. The Hall–Kier alpha value is -1.26. The number of aliphatic hydroxyl groups excluding tert-OH is 2. The summed E-state index contributed by atoms with van der Waals surface area (Å²) in [5, 5.41) is 18.7. The molecular weight excluding hydrogens is 424 g/mol. The third kappa shape index (κ3) is 3.53. The van der Waals surface area contributed by atoms with Gasteiger partial charge in [0.2, 0.25) is 0 Å². The zero-order chi connectivity index (χ0) is 25.1. The predicted molar refractivity (Wildman–Crippen MR) is 135 cm³/mol. The van der Waals surface area contributed by atoms with Gasteiger partial charge in [0, 0.05) is 29.2 Å². The topological polar surface area (TPSA) is 74.6 Å². The zero-order valence-corrected chi connectivity index (χ0v) is 22.3. The Balaban J connectivity index is 1.65. The highest BCUT2D eigenvalue weighted by Gasteiger charge is 2.65. The van der Waals surface area contributed by atoms with Crippen LogP contribution in [-0.4, -0.2) is 35.0 Å². The van der Waals surface area contributed by atoms with Crippen LogP contribution in [0.4, 0.5) is 0 Å². The Kier molecular flexibility index (Phi) is 6.60. The summed E-state index contributed by atoms with van der Waals surface area (Å²) >= 11 is 0. The van der Waals surface area contributed by atoms with E-state index in [4.69, 9.17) is 0 Å². The number of ketones is 2. The zero-order valence-electron chi connectivity index (χ0n) is 22.3. The molecule has 4 rings (SSSR count). The number of hydrogen-bond acceptors (Lipinski definition) is 4. The highest BCUT2D eigenvalue weighted by Crippen LogP contribution is 2.71. The van der Waals surface area contributed by atoms with Gasteiger partial charge in [-0.3, -0.25) is 9.59 Å². The van der Waals surface area contributed by atoms with Crippen molar-refractivity contribution in [3.05, 3.63) is 22.8 Å². The molecule has 0 aromatic heterocycles. The summed E-state index contributed by atoms with van der Waals surface area (Å²) in [6.07, 6.45) is 10.3. The number of Topliss-reactive ketones (excluding diaryl/α,β-unsaturated/α-hetero) is 2. The van der Waals surface area contributed by atoms with Crippen LogP contribution in [0.1, 0.15) is 99.3 Å². The van der Waals surface area contributed by atoms with E-state index in [0.29, 0.717) is 41.8 Å². The van der Waals surface area contributed by atoms with Crippen LogP contribution in [0.25, 0.3) is 0 Å². The molecule has 2 N–H and O–H groups in total. The maximum Gasteiger partial charge on any atom is 0.159 e. The fourth-order valence-corrected chi connectivity index (χ4v) is 9.05. The minimum atomic E-state index is -0.426. The Labute approximate surface area is 206 Å². The Morgan fingerprint density at radius 1 is 1.03 bits per heavy atom. The highest BCUT2D eigenvalue weighted by atomic mass is 16.3. The number of carbonyl (C=O) groups excluding carboxylic acids is 2. The van der Waals surface area contributed by atoms with Gasteiger partial charge in [-0.1, -0.05) is 53.2 Å². The van der Waals surface area contributed by atoms with Gasteiger partial charge >= 0.3 is 0 Å². The largest absolute Gasteiger partial charge is 0.392 e. The number of allylic oxidation sites excluding steroid dienone is 3. The molecule has 0 heterocycles. The van der Waals surface area contributed by atoms with Crippen molar-refractivity contribution in [2.45, 2.75) is 99.3 Å². The maximum atomic E-state index is 13.9. The average Bonchev–Trinajstić information content (AvgIpc) is 3.07. The Morgan fingerprint density at radius 2 is 1.71 bits per heavy atom. The average molecular weight is 471 g/mol. The summed E-state index contributed by atoms with van der Waals surface area (Å²) < 4.78 is 0. The lowest BCUT2D eigenvalue weighted by molar-refractivity contribution is -0.142. The van der Waals surface area contributed by atoms with Gasteiger partial charge in [-0.05, 0) is 79.1 Å². The summed E-state index contributed by atoms with van der Waals surface area (Å²) in [5.74, 6) is 1.86. The van der Waals surface area contributed by atoms with Crippen LogP contribution in [0, 0.1) is 39.4 Å². The van der Waals surface area contributed by atoms with Crippen molar-refractivity contribution >= 4 is 11.6 Å². The van der Waals surface area contributed by atoms with Crippen LogP contribution in [-0.2, 0) is 9.59 Å². The van der Waals surface area contributed by atoms with E-state index in [0.717, 1.165) is 50.5 Å². The fourth-order valence-electron chi connectivity index (χ4n) is 9.05. The first-order valence-corrected chi connectivity index (χ1v) is 13.6. The summed E-state index contributed by atoms with van der Waals surface area (Å²) in [7, 11) is 0. The number of hydrogen-bond donors (Lipinski definition) is 2. The molecule has 4 heteroatoms. The quantitative estimate of drug-likeness (QED) is 0.480. The summed E-state index contributed by atoms with van der Waals surface area (Å²) in [5.41, 5.74) is 2.81. The first-order valence-electron chi connectivity index (χ1n) is 13.6. The number of aliphatic hydroxyl groups is 2. The lowest BCUT2D eigenvalue weighted by Gasteiger charge is -2.60. The van der Waals surface area contributed by atoms with Gasteiger partial charge in [-0.25, -0.2) is 0 Å². The van der Waals surface area contributed by atoms with Crippen molar-refractivity contribution < 1.29 is 19.8 Å². The molecule has 6 atom stereocenters. The smallest absolute Gasteiger partial charge is 0.159 e. The van der Waals surface area contributed by atoms with Crippen molar-refractivity contribution in [1.29, 1.82) is 0 Å². The molecule has 190 valence electrons. The first kappa shape index (κ1) is 25.8. The monoisotopic (exact) mass is 470 g/mol. The standard InChI is InChI=1S/C30H46O4/c1-19(8-7-9-20(17-31)18-32)21-10-15-30(6)26-22(11-14-29(21,30)5)28(4)13-12-25(34)27(2,3)24(28)16-23(26)33/h9,19,21,24,31-32H,7-8,10-18H2,1-6H3/t19-,21-,24+,28-,29-,30+/m1/s1. The molecule has 0 radical (unpaired) electrons. The minimum Gasteiger partial charge on any atom is -0.392 e. The molecular formula is C30H46O4. The second kappa shape index (κ2) is 8.69. The molecule has 0 saturated heterocycles. The van der Waals surface area contributed by atoms with Crippen LogP contribution in [0.3, 0.4) is 0 Å². The molecule has 4 nitrogen and oxygen atoms in total. The molecule has 0 bridgehead atoms. The predicted octanol–water partition coefficient (Wildman–Crippen LogP) is 5.81. The van der Waals surface area contributed by atoms with Gasteiger partial charge < -0.3 is 10.2 Å². The summed E-state index contributed by atoms with van der Waals surface area (Å²) in [4.78, 5) is 26.7. The molecule has 0 unspecified atom stereocenters. The SMILES string of the molecule is C[C@H](CCC=C(CO)CO)[C@H]1CC[C@@]2(C)C3=C(CC[C@]12C)[C@@]1(C)CCC(=O)C(C)(C)[C@@H]1CC3=O. The van der Waals surface area contributed by atoms with Crippen LogP contribution in [0.15, 0.2) is 22.8 Å². The van der Waals surface area contributed by atoms with E-state index in [1.54, 1.807) is 0 Å². The van der Waals surface area contributed by atoms with Crippen molar-refractivity contribution in [2.75, 3.05) is 13.2 Å². The molecule has 0 amide bonds. The lowest BCUT2D eigenvalue weighted by atomic mass is 9.43. The molecule has 0 spiro atoms. The minimum absolute atomic E-state index is 0.0372. The molecule has 0 aliphatic heterocycles. The second-order valence-electron chi connectivity index (χ2n) is 13.2. The molecule has 0 aromatic rings. The molecule has 2 saturated carbocycles. The van der Waals surface area contributed by atoms with Crippen LogP contribution in [0.2, 0.25) is 0 Å². The maximum absolute atomic E-state index is 13.9. The van der Waals surface area contributed by atoms with E-state index < -0.39 is 5.41 Å². The van der Waals surface area contributed by atoms with Crippen LogP contribution >= 0.6 is 0 Å². The van der Waals surface area contributed by atoms with Gasteiger partial charge in [0.1, 0.15) is 5.78 Å². The first-order chi connectivity index (χ1) is 15.9. The van der Waals surface area contributed by atoms with E-state index in [9.17, 15) is 19.8 Å². The van der Waals surface area contributed by atoms with Gasteiger partial charge in [0.25, 0.3) is 0 Å². The molecule has 4 aliphatic rings. The van der Waals surface area contributed by atoms with Crippen LogP contribution in [0.5, 0.6) is 0 Å². The van der Waals surface area contributed by atoms with E-state index in [1.165, 1.54) is 5.57 Å². The van der Waals surface area contributed by atoms with Gasteiger partial charge in [0.15, 0.2) is 5.78 Å². The van der Waals surface area contributed by atoms with E-state index >= 15 is 0 Å². The summed E-state index contributed by atoms with van der Waals surface area (Å²) in [6, 6.07) is 0. The summed E-state index contributed by atoms with van der Waals surface area (Å²) in [6.45, 7) is 13.5. The highest BCUT2D eigenvalue weighted by molar-refractivity contribution is 6.00. The lowest BCUT2D eigenvalue weighted by Crippen LogP contribution is -2.56. The fraction of sp³-hybridized carbons (Fsp3) is 0.800. The third-order valence-electron chi connectivity index (χ3n) is 11.5. The van der Waals surface area contributed by atoms with Crippen molar-refractivity contribution in [2.24, 2.45) is 39.4 Å². The van der Waals surface area contributed by atoms with E-state index in [-0.39, 0.29) is 35.4 Å². The molecule has 4 aliphatic carbocycles. The number of carbonyl (C=O) groups is 2. The van der Waals surface area contributed by atoms with Crippen molar-refractivity contribution in [3.63, 3.8) is 0 Å². The van der Waals surface area contributed by atoms with E-state index in [1.807, 2.05) is 6.08 Å². The third-order valence-corrected chi connectivity index (χ3v) is 11.5. The van der Waals surface area contributed by atoms with Crippen molar-refractivity contribution in [1.82, 2.24) is 0 Å². The van der Waals surface area contributed by atoms with E-state index in [2.05, 4.69) is 41.5 Å². The van der Waals surface area contributed by atoms with Crippen molar-refractivity contribution in [3.8, 4) is 0 Å². The Morgan fingerprint density at radius 3 is 2.35 bits per heavy atom. The second-order valence-corrected chi connectivity index (χ2v) is 13.2. The normalized spacial score (nSPS) is 39.9. The number of fused-ring (bicyclic) bond motifs is 4. The van der Waals surface area contributed by atoms with Gasteiger partial charge in [-0.2, -0.15) is 0 Å².